The molecule has 1 atom stereocenters. The Labute approximate surface area is 132 Å². The second-order valence-corrected chi connectivity index (χ2v) is 6.74. The lowest BCUT2D eigenvalue weighted by molar-refractivity contribution is -0.118. The number of amides is 1. The number of nitrogens with one attached hydrogen (secondary N) is 1. The number of carbonyl (C=O) groups excluding carboxylic acids is 1. The second-order valence-electron chi connectivity index (χ2n) is 6.74. The maximum Gasteiger partial charge on any atom is 0.244 e. The monoisotopic (exact) mass is 303 g/mol. The third kappa shape index (κ3) is 4.34. The molecular weight excluding hydrogens is 278 g/mol. The van der Waals surface area contributed by atoms with E-state index in [0.29, 0.717) is 6.42 Å². The molecule has 22 heavy (non-hydrogen) atoms. The van der Waals surface area contributed by atoms with Crippen molar-refractivity contribution in [2.75, 3.05) is 13.2 Å². The van der Waals surface area contributed by atoms with Gasteiger partial charge in [0.05, 0.1) is 6.61 Å². The first-order valence-electron chi connectivity index (χ1n) is 7.75. The smallest absolute Gasteiger partial charge is 0.244 e. The van der Waals surface area contributed by atoms with E-state index in [0.717, 1.165) is 24.3 Å². The van der Waals surface area contributed by atoms with Crippen molar-refractivity contribution in [1.29, 1.82) is 0 Å². The predicted octanol–water partition coefficient (Wildman–Crippen LogP) is 2.55. The van der Waals surface area contributed by atoms with Crippen LogP contribution in [-0.2, 0) is 11.2 Å². The molecule has 1 amide bonds. The molecule has 0 fully saturated rings. The Morgan fingerprint density at radius 2 is 2.23 bits per heavy atom. The minimum Gasteiger partial charge on any atom is -0.493 e. The molecule has 0 aromatic heterocycles. The van der Waals surface area contributed by atoms with E-state index in [1.807, 2.05) is 18.2 Å². The maximum absolute atomic E-state index is 12.1. The molecule has 1 aromatic carbocycles. The van der Waals surface area contributed by atoms with Gasteiger partial charge in [0.25, 0.3) is 0 Å². The van der Waals surface area contributed by atoms with E-state index < -0.39 is 0 Å². The largest absolute Gasteiger partial charge is 0.493 e. The van der Waals surface area contributed by atoms with Crippen molar-refractivity contribution < 1.29 is 14.6 Å². The molecule has 0 saturated carbocycles. The van der Waals surface area contributed by atoms with Gasteiger partial charge in [0.2, 0.25) is 5.91 Å². The number of aliphatic hydroxyl groups excluding tert-OH is 1. The highest BCUT2D eigenvalue weighted by atomic mass is 16.5. The minimum atomic E-state index is -0.134. The third-order valence-electron chi connectivity index (χ3n) is 3.92. The van der Waals surface area contributed by atoms with E-state index in [4.69, 9.17) is 9.84 Å². The highest BCUT2D eigenvalue weighted by molar-refractivity contribution is 5.92. The van der Waals surface area contributed by atoms with Crippen LogP contribution in [0.4, 0.5) is 0 Å². The molecule has 1 aliphatic rings. The fourth-order valence-corrected chi connectivity index (χ4v) is 2.55. The summed E-state index contributed by atoms with van der Waals surface area (Å²) in [5, 5.41) is 12.1. The van der Waals surface area contributed by atoms with Gasteiger partial charge in [0.15, 0.2) is 0 Å². The molecule has 1 heterocycles. The molecule has 2 rings (SSSR count). The molecule has 2 N–H and O–H groups in total. The van der Waals surface area contributed by atoms with Crippen molar-refractivity contribution >= 4 is 12.0 Å². The summed E-state index contributed by atoms with van der Waals surface area (Å²) >= 11 is 0. The summed E-state index contributed by atoms with van der Waals surface area (Å²) in [7, 11) is 0. The van der Waals surface area contributed by atoms with Crippen molar-refractivity contribution in [3.63, 3.8) is 0 Å². The first kappa shape index (κ1) is 16.6. The van der Waals surface area contributed by atoms with Crippen LogP contribution in [0.1, 0.15) is 38.3 Å². The Morgan fingerprint density at radius 3 is 2.91 bits per heavy atom. The summed E-state index contributed by atoms with van der Waals surface area (Å²) in [6, 6.07) is 5.90. The fraction of sp³-hybridized carbons (Fsp3) is 0.500. The van der Waals surface area contributed by atoms with Crippen LogP contribution < -0.4 is 10.1 Å². The van der Waals surface area contributed by atoms with E-state index in [1.54, 1.807) is 6.08 Å². The number of fused-ring (bicyclic) bond motifs is 1. The van der Waals surface area contributed by atoms with Crippen LogP contribution in [0.15, 0.2) is 24.3 Å². The highest BCUT2D eigenvalue weighted by Gasteiger charge is 2.24. The van der Waals surface area contributed by atoms with Crippen molar-refractivity contribution in [3.8, 4) is 5.75 Å². The average Bonchev–Trinajstić information content (AvgIpc) is 2.91. The van der Waals surface area contributed by atoms with E-state index in [-0.39, 0.29) is 24.0 Å². The van der Waals surface area contributed by atoms with Crippen LogP contribution in [0.5, 0.6) is 5.75 Å². The van der Waals surface area contributed by atoms with Crippen molar-refractivity contribution in [2.24, 2.45) is 5.41 Å². The van der Waals surface area contributed by atoms with Gasteiger partial charge in [-0.1, -0.05) is 26.8 Å². The number of aliphatic hydroxyl groups is 1. The Morgan fingerprint density at radius 1 is 1.45 bits per heavy atom. The van der Waals surface area contributed by atoms with Gasteiger partial charge in [-0.25, -0.2) is 0 Å². The fourth-order valence-electron chi connectivity index (χ4n) is 2.55. The van der Waals surface area contributed by atoms with E-state index in [1.165, 1.54) is 5.56 Å². The summed E-state index contributed by atoms with van der Waals surface area (Å²) in [6.45, 7) is 6.96. The van der Waals surface area contributed by atoms with Gasteiger partial charge in [-0.3, -0.25) is 4.79 Å². The Hall–Kier alpha value is -1.81. The van der Waals surface area contributed by atoms with Gasteiger partial charge in [0.1, 0.15) is 5.75 Å². The zero-order valence-electron chi connectivity index (χ0n) is 13.6. The van der Waals surface area contributed by atoms with Crippen LogP contribution in [0, 0.1) is 5.41 Å². The second kappa shape index (κ2) is 6.97. The average molecular weight is 303 g/mol. The van der Waals surface area contributed by atoms with Gasteiger partial charge >= 0.3 is 0 Å². The molecule has 0 bridgehead atoms. The first-order valence-corrected chi connectivity index (χ1v) is 7.75. The van der Waals surface area contributed by atoms with E-state index in [2.05, 4.69) is 32.2 Å². The number of carbonyl (C=O) groups is 1. The maximum atomic E-state index is 12.1. The third-order valence-corrected chi connectivity index (χ3v) is 3.92. The number of hydrogen-bond donors (Lipinski definition) is 2. The molecule has 0 radical (unpaired) electrons. The number of ether oxygens (including phenoxy) is 1. The number of rotatable bonds is 5. The molecule has 120 valence electrons. The first-order chi connectivity index (χ1) is 10.4. The molecule has 1 unspecified atom stereocenters. The van der Waals surface area contributed by atoms with Crippen molar-refractivity contribution in [3.05, 3.63) is 35.4 Å². The Kier molecular flexibility index (Phi) is 5.24. The Bertz CT molecular complexity index is 558. The van der Waals surface area contributed by atoms with Crippen LogP contribution >= 0.6 is 0 Å². The van der Waals surface area contributed by atoms with Crippen LogP contribution in [0.2, 0.25) is 0 Å². The van der Waals surface area contributed by atoms with Gasteiger partial charge in [-0.2, -0.15) is 0 Å². The molecule has 0 saturated heterocycles. The van der Waals surface area contributed by atoms with Gasteiger partial charge in [-0.05, 0) is 41.2 Å². The molecule has 1 aliphatic heterocycles. The lowest BCUT2D eigenvalue weighted by atomic mass is 9.85. The zero-order chi connectivity index (χ0) is 16.2. The molecule has 4 nitrogen and oxygen atoms in total. The van der Waals surface area contributed by atoms with Gasteiger partial charge < -0.3 is 15.2 Å². The van der Waals surface area contributed by atoms with E-state index >= 15 is 0 Å². The number of benzene rings is 1. The molecule has 4 heteroatoms. The summed E-state index contributed by atoms with van der Waals surface area (Å²) in [5.41, 5.74) is 2.10. The standard InChI is InChI=1S/C18H25NO3/c1-18(2,3)16(8-10-20)19-17(21)7-5-13-4-6-15-14(12-13)9-11-22-15/h4-7,12,16,20H,8-11H2,1-3H3,(H,19,21)/b7-5+. The normalized spacial score (nSPS) is 15.5. The summed E-state index contributed by atoms with van der Waals surface area (Å²) in [5.74, 6) is 0.808. The molecular formula is C18H25NO3. The van der Waals surface area contributed by atoms with Crippen molar-refractivity contribution in [2.45, 2.75) is 39.7 Å². The molecule has 1 aromatic rings. The van der Waals surface area contributed by atoms with Crippen molar-refractivity contribution in [1.82, 2.24) is 5.32 Å². The summed E-state index contributed by atoms with van der Waals surface area (Å²) in [6.07, 6.45) is 4.84. The lowest BCUT2D eigenvalue weighted by Crippen LogP contribution is -2.43. The lowest BCUT2D eigenvalue weighted by Gasteiger charge is -2.30. The highest BCUT2D eigenvalue weighted by Crippen LogP contribution is 2.26. The molecule has 0 aliphatic carbocycles. The minimum absolute atomic E-state index is 0.0527. The SMILES string of the molecule is CC(C)(C)C(CCO)NC(=O)/C=C/c1ccc2c(c1)CCO2. The van der Waals surface area contributed by atoms with Crippen LogP contribution in [0.3, 0.4) is 0 Å². The topological polar surface area (TPSA) is 58.6 Å². The van der Waals surface area contributed by atoms with Crippen LogP contribution in [0.25, 0.3) is 6.08 Å². The Balaban J connectivity index is 1.98. The quantitative estimate of drug-likeness (QED) is 0.822. The summed E-state index contributed by atoms with van der Waals surface area (Å²) < 4.78 is 5.47. The number of hydrogen-bond acceptors (Lipinski definition) is 3. The van der Waals surface area contributed by atoms with Crippen LogP contribution in [-0.4, -0.2) is 30.3 Å². The molecule has 0 spiro atoms. The van der Waals surface area contributed by atoms with E-state index in [9.17, 15) is 4.79 Å². The predicted molar refractivity (Wildman–Crippen MR) is 87.8 cm³/mol. The van der Waals surface area contributed by atoms with Gasteiger partial charge in [-0.15, -0.1) is 0 Å². The zero-order valence-corrected chi connectivity index (χ0v) is 13.6. The van der Waals surface area contributed by atoms with Gasteiger partial charge in [0, 0.05) is 25.1 Å². The summed E-state index contributed by atoms with van der Waals surface area (Å²) in [4.78, 5) is 12.1.